The molecule has 1 aromatic rings. The Labute approximate surface area is 115 Å². The molecule has 4 nitrogen and oxygen atoms in total. The van der Waals surface area contributed by atoms with Crippen molar-refractivity contribution in [1.82, 2.24) is 4.90 Å². The first-order valence-corrected chi connectivity index (χ1v) is 6.93. The van der Waals surface area contributed by atoms with Crippen LogP contribution in [0, 0.1) is 12.3 Å². The van der Waals surface area contributed by atoms with Gasteiger partial charge in [-0.05, 0) is 38.1 Å². The average Bonchev–Trinajstić information content (AvgIpc) is 2.38. The molecule has 1 fully saturated rings. The highest BCUT2D eigenvalue weighted by molar-refractivity contribution is 6.00. The van der Waals surface area contributed by atoms with Crippen molar-refractivity contribution in [2.45, 2.75) is 26.3 Å². The van der Waals surface area contributed by atoms with Crippen LogP contribution in [-0.4, -0.2) is 43.5 Å². The number of benzene rings is 1. The first-order valence-electron chi connectivity index (χ1n) is 6.93. The normalized spacial score (nSPS) is 20.6. The third kappa shape index (κ3) is 2.89. The van der Waals surface area contributed by atoms with Gasteiger partial charge in [-0.3, -0.25) is 10.3 Å². The van der Waals surface area contributed by atoms with E-state index in [1.807, 2.05) is 12.1 Å². The van der Waals surface area contributed by atoms with Gasteiger partial charge < -0.3 is 10.6 Å². The lowest BCUT2D eigenvalue weighted by Gasteiger charge is -2.41. The summed E-state index contributed by atoms with van der Waals surface area (Å²) in [6.07, 6.45) is 1.15. The second kappa shape index (κ2) is 5.61. The summed E-state index contributed by atoms with van der Waals surface area (Å²) in [5, 5.41) is 7.74. The van der Waals surface area contributed by atoms with E-state index in [1.54, 1.807) is 0 Å². The van der Waals surface area contributed by atoms with Gasteiger partial charge in [0.25, 0.3) is 0 Å². The van der Waals surface area contributed by atoms with E-state index >= 15 is 0 Å². The van der Waals surface area contributed by atoms with Crippen molar-refractivity contribution in [3.63, 3.8) is 0 Å². The standard InChI is InChI=1S/C15H24N4/c1-4-12-10-19(8-7-18(12)3)14-9-11(2)5-6-13(14)15(16)17/h5-6,9,12H,4,7-8,10H2,1-3H3,(H3,16,17). The number of nitrogens with two attached hydrogens (primary N) is 1. The van der Waals surface area contributed by atoms with Crippen LogP contribution in [0.2, 0.25) is 0 Å². The number of likely N-dealkylation sites (N-methyl/N-ethyl adjacent to an activating group) is 1. The Morgan fingerprint density at radius 2 is 2.16 bits per heavy atom. The molecule has 0 saturated carbocycles. The van der Waals surface area contributed by atoms with Crippen molar-refractivity contribution in [3.05, 3.63) is 29.3 Å². The van der Waals surface area contributed by atoms with Crippen molar-refractivity contribution in [3.8, 4) is 0 Å². The van der Waals surface area contributed by atoms with E-state index in [0.29, 0.717) is 6.04 Å². The van der Waals surface area contributed by atoms with Crippen LogP contribution in [0.4, 0.5) is 5.69 Å². The van der Waals surface area contributed by atoms with Crippen molar-refractivity contribution in [2.24, 2.45) is 5.73 Å². The average molecular weight is 260 g/mol. The lowest BCUT2D eigenvalue weighted by molar-refractivity contribution is 0.213. The maximum absolute atomic E-state index is 7.74. The highest BCUT2D eigenvalue weighted by atomic mass is 15.3. The topological polar surface area (TPSA) is 56.4 Å². The summed E-state index contributed by atoms with van der Waals surface area (Å²) in [6.45, 7) is 7.38. The minimum atomic E-state index is 0.155. The molecule has 1 aliphatic heterocycles. The summed E-state index contributed by atoms with van der Waals surface area (Å²) in [5.74, 6) is 0.155. The number of hydrogen-bond donors (Lipinski definition) is 2. The maximum Gasteiger partial charge on any atom is 0.124 e. The highest BCUT2D eigenvalue weighted by Crippen LogP contribution is 2.25. The molecule has 0 aromatic heterocycles. The molecule has 1 aromatic carbocycles. The molecule has 0 bridgehead atoms. The Bertz CT molecular complexity index is 469. The fourth-order valence-electron chi connectivity index (χ4n) is 2.74. The quantitative estimate of drug-likeness (QED) is 0.644. The molecule has 1 unspecified atom stereocenters. The van der Waals surface area contributed by atoms with Crippen LogP contribution in [0.5, 0.6) is 0 Å². The molecular formula is C15H24N4. The Kier molecular flexibility index (Phi) is 4.10. The van der Waals surface area contributed by atoms with Crippen LogP contribution in [0.25, 0.3) is 0 Å². The highest BCUT2D eigenvalue weighted by Gasteiger charge is 2.24. The van der Waals surface area contributed by atoms with Crippen molar-refractivity contribution in [1.29, 1.82) is 5.41 Å². The third-order valence-electron chi connectivity index (χ3n) is 4.03. The smallest absolute Gasteiger partial charge is 0.124 e. The summed E-state index contributed by atoms with van der Waals surface area (Å²) >= 11 is 0. The second-order valence-electron chi connectivity index (χ2n) is 5.42. The molecule has 104 valence electrons. The molecule has 0 radical (unpaired) electrons. The van der Waals surface area contributed by atoms with Crippen LogP contribution in [0.15, 0.2) is 18.2 Å². The molecule has 1 saturated heterocycles. The van der Waals surface area contributed by atoms with E-state index in [1.165, 1.54) is 5.56 Å². The number of anilines is 1. The van der Waals surface area contributed by atoms with E-state index in [4.69, 9.17) is 11.1 Å². The van der Waals surface area contributed by atoms with E-state index in [2.05, 4.69) is 36.8 Å². The van der Waals surface area contributed by atoms with Gasteiger partial charge in [0.15, 0.2) is 0 Å². The molecular weight excluding hydrogens is 236 g/mol. The van der Waals surface area contributed by atoms with Crippen molar-refractivity contribution >= 4 is 11.5 Å². The number of nitrogens with one attached hydrogen (secondary N) is 1. The number of hydrogen-bond acceptors (Lipinski definition) is 3. The first-order chi connectivity index (χ1) is 9.02. The van der Waals surface area contributed by atoms with Gasteiger partial charge in [0.1, 0.15) is 5.84 Å². The zero-order valence-electron chi connectivity index (χ0n) is 12.1. The Hall–Kier alpha value is -1.55. The molecule has 1 atom stereocenters. The Morgan fingerprint density at radius 1 is 1.42 bits per heavy atom. The molecule has 0 aliphatic carbocycles. The predicted octanol–water partition coefficient (Wildman–Crippen LogP) is 1.81. The lowest BCUT2D eigenvalue weighted by Crippen LogP contribution is -2.51. The van der Waals surface area contributed by atoms with Crippen LogP contribution in [-0.2, 0) is 0 Å². The lowest BCUT2D eigenvalue weighted by atomic mass is 10.0. The molecule has 0 spiro atoms. The van der Waals surface area contributed by atoms with Crippen LogP contribution in [0.3, 0.4) is 0 Å². The fraction of sp³-hybridized carbons (Fsp3) is 0.533. The van der Waals surface area contributed by atoms with Crippen LogP contribution < -0.4 is 10.6 Å². The van der Waals surface area contributed by atoms with Gasteiger partial charge in [-0.1, -0.05) is 13.0 Å². The molecule has 3 N–H and O–H groups in total. The van der Waals surface area contributed by atoms with E-state index in [-0.39, 0.29) is 5.84 Å². The predicted molar refractivity (Wildman–Crippen MR) is 81.1 cm³/mol. The maximum atomic E-state index is 7.74. The van der Waals surface area contributed by atoms with Gasteiger partial charge in [-0.2, -0.15) is 0 Å². The summed E-state index contributed by atoms with van der Waals surface area (Å²) in [4.78, 5) is 4.79. The SMILES string of the molecule is CCC1CN(c2cc(C)ccc2C(=N)N)CCN1C. The second-order valence-corrected chi connectivity index (χ2v) is 5.42. The minimum Gasteiger partial charge on any atom is -0.384 e. The van der Waals surface area contributed by atoms with Gasteiger partial charge in [0.2, 0.25) is 0 Å². The van der Waals surface area contributed by atoms with Crippen molar-refractivity contribution in [2.75, 3.05) is 31.6 Å². The molecule has 2 rings (SSSR count). The largest absolute Gasteiger partial charge is 0.384 e. The van der Waals surface area contributed by atoms with Gasteiger partial charge in [0.05, 0.1) is 0 Å². The van der Waals surface area contributed by atoms with Crippen molar-refractivity contribution < 1.29 is 0 Å². The Morgan fingerprint density at radius 3 is 2.79 bits per heavy atom. The van der Waals surface area contributed by atoms with Crippen LogP contribution >= 0.6 is 0 Å². The number of nitrogens with zero attached hydrogens (tertiary/aromatic N) is 2. The van der Waals surface area contributed by atoms with Crippen LogP contribution in [0.1, 0.15) is 24.5 Å². The number of piperazine rings is 1. The molecule has 19 heavy (non-hydrogen) atoms. The molecule has 4 heteroatoms. The van der Waals surface area contributed by atoms with Gasteiger partial charge >= 0.3 is 0 Å². The van der Waals surface area contributed by atoms with Gasteiger partial charge in [0, 0.05) is 36.9 Å². The van der Waals surface area contributed by atoms with Gasteiger partial charge in [-0.15, -0.1) is 0 Å². The summed E-state index contributed by atoms with van der Waals surface area (Å²) < 4.78 is 0. The number of aryl methyl sites for hydroxylation is 1. The summed E-state index contributed by atoms with van der Waals surface area (Å²) in [7, 11) is 2.19. The number of amidine groups is 1. The first kappa shape index (κ1) is 13.9. The monoisotopic (exact) mass is 260 g/mol. The number of nitrogen functional groups attached to an aromatic ring is 1. The summed E-state index contributed by atoms with van der Waals surface area (Å²) in [5.41, 5.74) is 8.89. The molecule has 1 aliphatic rings. The van der Waals surface area contributed by atoms with E-state index < -0.39 is 0 Å². The van der Waals surface area contributed by atoms with E-state index in [9.17, 15) is 0 Å². The summed E-state index contributed by atoms with van der Waals surface area (Å²) in [6, 6.07) is 6.71. The fourth-order valence-corrected chi connectivity index (χ4v) is 2.74. The number of rotatable bonds is 3. The van der Waals surface area contributed by atoms with Gasteiger partial charge in [-0.25, -0.2) is 0 Å². The van der Waals surface area contributed by atoms with E-state index in [0.717, 1.165) is 37.3 Å². The zero-order valence-corrected chi connectivity index (χ0v) is 12.1. The third-order valence-corrected chi connectivity index (χ3v) is 4.03. The zero-order chi connectivity index (χ0) is 14.0. The minimum absolute atomic E-state index is 0.155. The molecule has 0 amide bonds. The Balaban J connectivity index is 2.31. The molecule has 1 heterocycles.